The number of benzene rings is 1. The van der Waals surface area contributed by atoms with Gasteiger partial charge < -0.3 is 15.4 Å². The quantitative estimate of drug-likeness (QED) is 0.670. The van der Waals surface area contributed by atoms with Crippen LogP contribution in [0.5, 0.6) is 0 Å². The van der Waals surface area contributed by atoms with Crippen LogP contribution >= 0.6 is 0 Å². The molecule has 2 rings (SSSR count). The Bertz CT molecular complexity index is 661. The van der Waals surface area contributed by atoms with Crippen molar-refractivity contribution in [2.75, 3.05) is 0 Å². The number of aromatic nitrogens is 2. The van der Waals surface area contributed by atoms with Crippen LogP contribution in [0.3, 0.4) is 0 Å². The molecule has 110 valence electrons. The lowest BCUT2D eigenvalue weighted by Gasteiger charge is -2.06. The lowest BCUT2D eigenvalue weighted by molar-refractivity contribution is -0.392. The molecule has 0 bridgehead atoms. The van der Waals surface area contributed by atoms with Crippen LogP contribution in [0.2, 0.25) is 0 Å². The Hall–Kier alpha value is -2.70. The number of carbonyl (C=O) groups is 1. The number of amides is 1. The summed E-state index contributed by atoms with van der Waals surface area (Å²) in [5, 5.41) is 13.6. The van der Waals surface area contributed by atoms with Crippen molar-refractivity contribution >= 4 is 11.7 Å². The first-order valence-electron chi connectivity index (χ1n) is 6.46. The Kier molecular flexibility index (Phi) is 4.32. The molecule has 0 aliphatic carbocycles. The van der Waals surface area contributed by atoms with E-state index in [1.54, 1.807) is 6.92 Å². The van der Waals surface area contributed by atoms with Gasteiger partial charge in [0.1, 0.15) is 6.20 Å². The van der Waals surface area contributed by atoms with Gasteiger partial charge in [-0.25, -0.2) is 9.55 Å². The fraction of sp³-hybridized carbons (Fsp3) is 0.286. The molecule has 1 aromatic heterocycles. The van der Waals surface area contributed by atoms with Crippen molar-refractivity contribution in [2.45, 2.75) is 26.9 Å². The van der Waals surface area contributed by atoms with Gasteiger partial charge in [0.2, 0.25) is 0 Å². The average molecular weight is 288 g/mol. The highest BCUT2D eigenvalue weighted by molar-refractivity contribution is 5.76. The lowest BCUT2D eigenvalue weighted by atomic mass is 10.1. The zero-order chi connectivity index (χ0) is 15.4. The second kappa shape index (κ2) is 6.17. The molecule has 0 aliphatic rings. The maximum absolute atomic E-state index is 11.9. The van der Waals surface area contributed by atoms with Crippen LogP contribution in [0, 0.1) is 24.0 Å². The van der Waals surface area contributed by atoms with E-state index in [0.29, 0.717) is 12.4 Å². The van der Waals surface area contributed by atoms with Gasteiger partial charge in [-0.15, -0.1) is 0 Å². The van der Waals surface area contributed by atoms with Gasteiger partial charge in [-0.05, 0) is 17.4 Å². The fourth-order valence-corrected chi connectivity index (χ4v) is 1.90. The molecular formula is C14H16N4O3. The van der Waals surface area contributed by atoms with Crippen LogP contribution in [-0.2, 0) is 17.9 Å². The van der Waals surface area contributed by atoms with Crippen LogP contribution in [-0.4, -0.2) is 20.4 Å². The summed E-state index contributed by atoms with van der Waals surface area (Å²) in [4.78, 5) is 26.0. The Morgan fingerprint density at radius 1 is 1.33 bits per heavy atom. The smallest absolute Gasteiger partial charge is 0.343 e. The lowest BCUT2D eigenvalue weighted by Crippen LogP contribution is -2.27. The molecule has 0 unspecified atom stereocenters. The molecule has 1 N–H and O–H groups in total. The standard InChI is InChI=1S/C14H16N4O3/c1-10-3-5-12(6-4-10)7-16-13(19)9-17-11(2)15-8-14(17)18(20)21/h3-6,8H,7,9H2,1-2H3,(H,16,19). The molecule has 1 amide bonds. The van der Waals surface area contributed by atoms with E-state index in [-0.39, 0.29) is 18.3 Å². The maximum Gasteiger partial charge on any atom is 0.343 e. The third kappa shape index (κ3) is 3.65. The van der Waals surface area contributed by atoms with E-state index in [0.717, 1.165) is 17.3 Å². The molecule has 0 spiro atoms. The number of hydrogen-bond donors (Lipinski definition) is 1. The molecule has 1 aromatic carbocycles. The molecule has 0 fully saturated rings. The Labute approximate surface area is 121 Å². The van der Waals surface area contributed by atoms with E-state index in [1.807, 2.05) is 31.2 Å². The first kappa shape index (κ1) is 14.7. The molecule has 0 atom stereocenters. The topological polar surface area (TPSA) is 90.1 Å². The van der Waals surface area contributed by atoms with Crippen LogP contribution in [0.25, 0.3) is 0 Å². The largest absolute Gasteiger partial charge is 0.358 e. The van der Waals surface area contributed by atoms with Gasteiger partial charge in [-0.1, -0.05) is 29.8 Å². The van der Waals surface area contributed by atoms with Gasteiger partial charge in [0, 0.05) is 13.5 Å². The summed E-state index contributed by atoms with van der Waals surface area (Å²) in [5.41, 5.74) is 2.13. The summed E-state index contributed by atoms with van der Waals surface area (Å²) in [6.45, 7) is 3.89. The van der Waals surface area contributed by atoms with E-state index < -0.39 is 4.92 Å². The van der Waals surface area contributed by atoms with Crippen molar-refractivity contribution in [3.8, 4) is 0 Å². The van der Waals surface area contributed by atoms with Crippen LogP contribution < -0.4 is 5.32 Å². The Morgan fingerprint density at radius 2 is 2.00 bits per heavy atom. The molecule has 0 aliphatic heterocycles. The molecule has 21 heavy (non-hydrogen) atoms. The molecule has 7 heteroatoms. The zero-order valence-electron chi connectivity index (χ0n) is 11.9. The maximum atomic E-state index is 11.9. The highest BCUT2D eigenvalue weighted by Gasteiger charge is 2.19. The first-order chi connectivity index (χ1) is 9.97. The molecular weight excluding hydrogens is 272 g/mol. The van der Waals surface area contributed by atoms with Gasteiger partial charge in [-0.3, -0.25) is 4.79 Å². The minimum absolute atomic E-state index is 0.117. The van der Waals surface area contributed by atoms with Crippen molar-refractivity contribution in [2.24, 2.45) is 0 Å². The monoisotopic (exact) mass is 288 g/mol. The Balaban J connectivity index is 1.97. The van der Waals surface area contributed by atoms with Crippen molar-refractivity contribution < 1.29 is 9.72 Å². The summed E-state index contributed by atoms with van der Waals surface area (Å²) >= 11 is 0. The zero-order valence-corrected chi connectivity index (χ0v) is 11.9. The van der Waals surface area contributed by atoms with Crippen molar-refractivity contribution in [3.63, 3.8) is 0 Å². The van der Waals surface area contributed by atoms with Gasteiger partial charge in [0.15, 0.2) is 12.4 Å². The Morgan fingerprint density at radius 3 is 2.62 bits per heavy atom. The predicted molar refractivity (Wildman–Crippen MR) is 76.6 cm³/mol. The number of hydrogen-bond acceptors (Lipinski definition) is 4. The summed E-state index contributed by atoms with van der Waals surface area (Å²) in [5.74, 6) is -0.0371. The van der Waals surface area contributed by atoms with Gasteiger partial charge in [0.05, 0.1) is 0 Å². The van der Waals surface area contributed by atoms with Crippen LogP contribution in [0.4, 0.5) is 5.82 Å². The highest BCUT2D eigenvalue weighted by atomic mass is 16.6. The second-order valence-electron chi connectivity index (χ2n) is 4.77. The van der Waals surface area contributed by atoms with Crippen LogP contribution in [0.15, 0.2) is 30.5 Å². The minimum atomic E-state index is -0.548. The fourth-order valence-electron chi connectivity index (χ4n) is 1.90. The third-order valence-electron chi connectivity index (χ3n) is 3.13. The van der Waals surface area contributed by atoms with E-state index in [9.17, 15) is 14.9 Å². The third-order valence-corrected chi connectivity index (χ3v) is 3.13. The number of carbonyl (C=O) groups excluding carboxylic acids is 1. The number of nitrogens with zero attached hydrogens (tertiary/aromatic N) is 3. The number of nitro groups is 1. The average Bonchev–Trinajstić information content (AvgIpc) is 2.80. The van der Waals surface area contributed by atoms with E-state index in [1.165, 1.54) is 4.57 Å². The van der Waals surface area contributed by atoms with Gasteiger partial charge in [0.25, 0.3) is 5.91 Å². The minimum Gasteiger partial charge on any atom is -0.358 e. The van der Waals surface area contributed by atoms with E-state index in [2.05, 4.69) is 10.3 Å². The molecule has 0 saturated carbocycles. The van der Waals surface area contributed by atoms with E-state index in [4.69, 9.17) is 0 Å². The SMILES string of the molecule is Cc1ccc(CNC(=O)Cn2c([N+](=O)[O-])cnc2C)cc1. The molecule has 1 heterocycles. The number of imidazole rings is 1. The van der Waals surface area contributed by atoms with Crippen molar-refractivity contribution in [3.05, 3.63) is 57.5 Å². The van der Waals surface area contributed by atoms with Crippen LogP contribution in [0.1, 0.15) is 17.0 Å². The molecule has 2 aromatic rings. The molecule has 7 nitrogen and oxygen atoms in total. The summed E-state index contributed by atoms with van der Waals surface area (Å²) in [7, 11) is 0. The molecule has 0 saturated heterocycles. The molecule has 0 radical (unpaired) electrons. The second-order valence-corrected chi connectivity index (χ2v) is 4.77. The normalized spacial score (nSPS) is 10.4. The first-order valence-corrected chi connectivity index (χ1v) is 6.46. The number of rotatable bonds is 5. The summed E-state index contributed by atoms with van der Waals surface area (Å²) in [6, 6.07) is 7.79. The van der Waals surface area contributed by atoms with Crippen molar-refractivity contribution in [1.82, 2.24) is 14.9 Å². The number of aryl methyl sites for hydroxylation is 2. The summed E-state index contributed by atoms with van der Waals surface area (Å²) in [6.07, 6.45) is 1.16. The van der Waals surface area contributed by atoms with Crippen molar-refractivity contribution in [1.29, 1.82) is 0 Å². The number of nitrogens with one attached hydrogen (secondary N) is 1. The van der Waals surface area contributed by atoms with Gasteiger partial charge >= 0.3 is 5.82 Å². The van der Waals surface area contributed by atoms with E-state index >= 15 is 0 Å². The predicted octanol–water partition coefficient (Wildman–Crippen LogP) is 1.72. The summed E-state index contributed by atoms with van der Waals surface area (Å²) < 4.78 is 1.28. The van der Waals surface area contributed by atoms with Gasteiger partial charge in [-0.2, -0.15) is 0 Å². The highest BCUT2D eigenvalue weighted by Crippen LogP contribution is 2.13.